The number of nitrogens with zero attached hydrogens (tertiary/aromatic N) is 3. The molecule has 2 aromatic rings. The molecule has 3 nitrogen and oxygen atoms in total. The van der Waals surface area contributed by atoms with E-state index in [1.54, 1.807) is 0 Å². The van der Waals surface area contributed by atoms with E-state index in [1.165, 1.54) is 18.5 Å². The third kappa shape index (κ3) is 2.41. The second-order valence-corrected chi connectivity index (χ2v) is 4.70. The first-order valence-electron chi connectivity index (χ1n) is 6.48. The lowest BCUT2D eigenvalue weighted by molar-refractivity contribution is 0.241. The summed E-state index contributed by atoms with van der Waals surface area (Å²) in [6, 6.07) is 12.7. The Balaban J connectivity index is 1.76. The molecule has 0 spiro atoms. The quantitative estimate of drug-likeness (QED) is 0.824. The molecule has 1 unspecified atom stereocenters. The predicted molar refractivity (Wildman–Crippen MR) is 70.9 cm³/mol. The standard InChI is InChI=1S/C15H17N3/c1-3-9-16-13(6-1)12-18-11-5-8-15(18)14-7-2-4-10-17-14/h1-4,6-7,9-10,15H,5,8,11-12H2. The van der Waals surface area contributed by atoms with Crippen molar-refractivity contribution in [3.05, 3.63) is 60.2 Å². The van der Waals surface area contributed by atoms with Gasteiger partial charge in [-0.25, -0.2) is 0 Å². The van der Waals surface area contributed by atoms with Gasteiger partial charge in [0, 0.05) is 18.9 Å². The molecule has 0 amide bonds. The van der Waals surface area contributed by atoms with Gasteiger partial charge in [0.15, 0.2) is 0 Å². The van der Waals surface area contributed by atoms with Crippen LogP contribution in [0.3, 0.4) is 0 Å². The van der Waals surface area contributed by atoms with Crippen LogP contribution in [0.25, 0.3) is 0 Å². The smallest absolute Gasteiger partial charge is 0.0575 e. The van der Waals surface area contributed by atoms with E-state index < -0.39 is 0 Å². The van der Waals surface area contributed by atoms with Gasteiger partial charge in [0.05, 0.1) is 17.4 Å². The second kappa shape index (κ2) is 5.27. The SMILES string of the molecule is c1ccc(CN2CCCC2c2ccccn2)nc1. The summed E-state index contributed by atoms with van der Waals surface area (Å²) in [6.45, 7) is 2.06. The maximum Gasteiger partial charge on any atom is 0.0575 e. The molecule has 3 heteroatoms. The normalized spacial score (nSPS) is 20.1. The fraction of sp³-hybridized carbons (Fsp3) is 0.333. The Kier molecular flexibility index (Phi) is 3.33. The molecule has 3 heterocycles. The Morgan fingerprint density at radius 2 is 1.89 bits per heavy atom. The number of likely N-dealkylation sites (tertiary alicyclic amines) is 1. The highest BCUT2D eigenvalue weighted by Crippen LogP contribution is 2.31. The first-order chi connectivity index (χ1) is 8.93. The van der Waals surface area contributed by atoms with E-state index in [0.717, 1.165) is 18.8 Å². The molecule has 2 aromatic heterocycles. The van der Waals surface area contributed by atoms with Crippen LogP contribution in [-0.4, -0.2) is 21.4 Å². The zero-order valence-corrected chi connectivity index (χ0v) is 10.4. The summed E-state index contributed by atoms with van der Waals surface area (Å²) in [6.07, 6.45) is 6.19. The first-order valence-corrected chi connectivity index (χ1v) is 6.48. The molecular weight excluding hydrogens is 222 g/mol. The minimum absolute atomic E-state index is 0.452. The average molecular weight is 239 g/mol. The number of pyridine rings is 2. The Morgan fingerprint density at radius 1 is 1.06 bits per heavy atom. The van der Waals surface area contributed by atoms with E-state index in [1.807, 2.05) is 30.6 Å². The Hall–Kier alpha value is -1.74. The van der Waals surface area contributed by atoms with Gasteiger partial charge in [-0.2, -0.15) is 0 Å². The lowest BCUT2D eigenvalue weighted by Crippen LogP contribution is -2.23. The molecule has 18 heavy (non-hydrogen) atoms. The van der Waals surface area contributed by atoms with E-state index in [2.05, 4.69) is 33.1 Å². The summed E-state index contributed by atoms with van der Waals surface area (Å²) in [5.74, 6) is 0. The van der Waals surface area contributed by atoms with Gasteiger partial charge >= 0.3 is 0 Å². The predicted octanol–water partition coefficient (Wildman–Crippen LogP) is 2.81. The van der Waals surface area contributed by atoms with Crippen LogP contribution in [0.15, 0.2) is 48.8 Å². The van der Waals surface area contributed by atoms with Crippen molar-refractivity contribution < 1.29 is 0 Å². The number of rotatable bonds is 3. The van der Waals surface area contributed by atoms with Gasteiger partial charge in [0.1, 0.15) is 0 Å². The summed E-state index contributed by atoms with van der Waals surface area (Å²) in [5, 5.41) is 0. The highest BCUT2D eigenvalue weighted by Gasteiger charge is 2.26. The highest BCUT2D eigenvalue weighted by atomic mass is 15.2. The minimum Gasteiger partial charge on any atom is -0.289 e. The van der Waals surface area contributed by atoms with Crippen LogP contribution in [0.1, 0.15) is 30.3 Å². The van der Waals surface area contributed by atoms with Crippen LogP contribution in [0.2, 0.25) is 0 Å². The van der Waals surface area contributed by atoms with Crippen molar-refractivity contribution in [2.45, 2.75) is 25.4 Å². The Morgan fingerprint density at radius 3 is 2.61 bits per heavy atom. The van der Waals surface area contributed by atoms with Gasteiger partial charge in [-0.05, 0) is 43.7 Å². The molecule has 1 saturated heterocycles. The fourth-order valence-corrected chi connectivity index (χ4v) is 2.62. The molecule has 1 aliphatic heterocycles. The molecule has 0 radical (unpaired) electrons. The van der Waals surface area contributed by atoms with Crippen LogP contribution >= 0.6 is 0 Å². The van der Waals surface area contributed by atoms with Gasteiger partial charge in [-0.1, -0.05) is 12.1 Å². The molecule has 3 rings (SSSR count). The maximum atomic E-state index is 4.49. The monoisotopic (exact) mass is 239 g/mol. The first kappa shape index (κ1) is 11.4. The molecule has 1 aliphatic rings. The summed E-state index contributed by atoms with van der Waals surface area (Å²) in [5.41, 5.74) is 2.33. The Bertz CT molecular complexity index is 484. The maximum absolute atomic E-state index is 4.49. The van der Waals surface area contributed by atoms with Crippen LogP contribution in [0.5, 0.6) is 0 Å². The molecule has 92 valence electrons. The van der Waals surface area contributed by atoms with Crippen LogP contribution < -0.4 is 0 Å². The van der Waals surface area contributed by atoms with Crippen molar-refractivity contribution in [3.8, 4) is 0 Å². The van der Waals surface area contributed by atoms with Gasteiger partial charge < -0.3 is 0 Å². The molecule has 1 fully saturated rings. The van der Waals surface area contributed by atoms with Crippen molar-refractivity contribution in [2.75, 3.05) is 6.54 Å². The highest BCUT2D eigenvalue weighted by molar-refractivity contribution is 5.12. The van der Waals surface area contributed by atoms with Crippen LogP contribution in [0, 0.1) is 0 Å². The van der Waals surface area contributed by atoms with E-state index >= 15 is 0 Å². The van der Waals surface area contributed by atoms with Crippen molar-refractivity contribution in [1.29, 1.82) is 0 Å². The number of hydrogen-bond donors (Lipinski definition) is 0. The molecule has 0 aliphatic carbocycles. The van der Waals surface area contributed by atoms with Crippen molar-refractivity contribution in [1.82, 2.24) is 14.9 Å². The van der Waals surface area contributed by atoms with E-state index in [0.29, 0.717) is 6.04 Å². The van der Waals surface area contributed by atoms with Crippen molar-refractivity contribution in [2.24, 2.45) is 0 Å². The van der Waals surface area contributed by atoms with Crippen molar-refractivity contribution in [3.63, 3.8) is 0 Å². The number of hydrogen-bond acceptors (Lipinski definition) is 3. The Labute approximate surface area is 108 Å². The van der Waals surface area contributed by atoms with Gasteiger partial charge in [0.2, 0.25) is 0 Å². The lowest BCUT2D eigenvalue weighted by Gasteiger charge is -2.23. The topological polar surface area (TPSA) is 29.0 Å². The molecule has 0 bridgehead atoms. The molecule has 0 aromatic carbocycles. The molecular formula is C15H17N3. The zero-order valence-electron chi connectivity index (χ0n) is 10.4. The zero-order chi connectivity index (χ0) is 12.2. The minimum atomic E-state index is 0.452. The lowest BCUT2D eigenvalue weighted by atomic mass is 10.1. The molecule has 1 atom stereocenters. The number of aromatic nitrogens is 2. The van der Waals surface area contributed by atoms with E-state index in [-0.39, 0.29) is 0 Å². The summed E-state index contributed by atoms with van der Waals surface area (Å²) >= 11 is 0. The van der Waals surface area contributed by atoms with Gasteiger partial charge in [-0.3, -0.25) is 14.9 Å². The summed E-state index contributed by atoms with van der Waals surface area (Å²) < 4.78 is 0. The van der Waals surface area contributed by atoms with E-state index in [9.17, 15) is 0 Å². The average Bonchev–Trinajstić information content (AvgIpc) is 2.89. The second-order valence-electron chi connectivity index (χ2n) is 4.70. The van der Waals surface area contributed by atoms with Crippen LogP contribution in [0.4, 0.5) is 0 Å². The molecule has 0 N–H and O–H groups in total. The summed E-state index contributed by atoms with van der Waals surface area (Å²) in [7, 11) is 0. The third-order valence-electron chi connectivity index (χ3n) is 3.48. The third-order valence-corrected chi connectivity index (χ3v) is 3.48. The van der Waals surface area contributed by atoms with Crippen molar-refractivity contribution >= 4 is 0 Å². The van der Waals surface area contributed by atoms with Crippen LogP contribution in [-0.2, 0) is 6.54 Å². The molecule has 0 saturated carbocycles. The van der Waals surface area contributed by atoms with Gasteiger partial charge in [-0.15, -0.1) is 0 Å². The van der Waals surface area contributed by atoms with Gasteiger partial charge in [0.25, 0.3) is 0 Å². The van der Waals surface area contributed by atoms with E-state index in [4.69, 9.17) is 0 Å². The fourth-order valence-electron chi connectivity index (χ4n) is 2.62. The summed E-state index contributed by atoms with van der Waals surface area (Å²) in [4.78, 5) is 11.4. The largest absolute Gasteiger partial charge is 0.289 e.